The highest BCUT2D eigenvalue weighted by molar-refractivity contribution is 9.10. The molecular formula is C14H22BrN3O. The van der Waals surface area contributed by atoms with Crippen molar-refractivity contribution in [2.75, 3.05) is 25.1 Å². The lowest BCUT2D eigenvalue weighted by atomic mass is 9.96. The predicted octanol–water partition coefficient (Wildman–Crippen LogP) is 3.38. The third kappa shape index (κ3) is 4.42. The van der Waals surface area contributed by atoms with Gasteiger partial charge in [0.05, 0.1) is 0 Å². The summed E-state index contributed by atoms with van der Waals surface area (Å²) in [5, 5.41) is 3.43. The normalized spacial score (nSPS) is 17.5. The lowest BCUT2D eigenvalue weighted by molar-refractivity contribution is 0.0699. The van der Waals surface area contributed by atoms with E-state index in [1.165, 1.54) is 0 Å². The zero-order valence-corrected chi connectivity index (χ0v) is 13.5. The lowest BCUT2D eigenvalue weighted by Gasteiger charge is -2.23. The molecule has 1 aromatic rings. The Morgan fingerprint density at radius 2 is 2.00 bits per heavy atom. The number of rotatable bonds is 3. The molecule has 0 saturated carbocycles. The molecular weight excluding hydrogens is 306 g/mol. The van der Waals surface area contributed by atoms with Crippen molar-refractivity contribution in [2.24, 2.45) is 5.92 Å². The molecule has 0 aromatic carbocycles. The third-order valence-corrected chi connectivity index (χ3v) is 3.68. The van der Waals surface area contributed by atoms with Crippen LogP contribution in [0.4, 0.5) is 5.82 Å². The van der Waals surface area contributed by atoms with Crippen molar-refractivity contribution < 1.29 is 4.74 Å². The molecule has 2 heterocycles. The first kappa shape index (κ1) is 14.7. The van der Waals surface area contributed by atoms with Gasteiger partial charge in [-0.3, -0.25) is 0 Å². The number of ether oxygens (including phenoxy) is 1. The van der Waals surface area contributed by atoms with E-state index in [1.54, 1.807) is 0 Å². The SMILES string of the molecule is CC(C)(C)c1nc(Br)cc(NCC2CCOCC2)n1. The van der Waals surface area contributed by atoms with Crippen LogP contribution in [0.15, 0.2) is 10.7 Å². The summed E-state index contributed by atoms with van der Waals surface area (Å²) in [6, 6.07) is 1.94. The van der Waals surface area contributed by atoms with Crippen LogP contribution in [0, 0.1) is 5.92 Å². The molecule has 1 fully saturated rings. The Balaban J connectivity index is 2.01. The van der Waals surface area contributed by atoms with Crippen LogP contribution in [0.3, 0.4) is 0 Å². The molecule has 1 aliphatic heterocycles. The highest BCUT2D eigenvalue weighted by Gasteiger charge is 2.19. The molecule has 19 heavy (non-hydrogen) atoms. The maximum atomic E-state index is 5.37. The summed E-state index contributed by atoms with van der Waals surface area (Å²) in [4.78, 5) is 9.05. The smallest absolute Gasteiger partial charge is 0.137 e. The van der Waals surface area contributed by atoms with E-state index in [0.29, 0.717) is 5.92 Å². The van der Waals surface area contributed by atoms with Gasteiger partial charge >= 0.3 is 0 Å². The van der Waals surface area contributed by atoms with Crippen molar-refractivity contribution in [3.05, 3.63) is 16.5 Å². The second kappa shape index (κ2) is 6.18. The van der Waals surface area contributed by atoms with E-state index in [-0.39, 0.29) is 5.41 Å². The van der Waals surface area contributed by atoms with E-state index in [0.717, 1.165) is 48.8 Å². The van der Waals surface area contributed by atoms with Crippen LogP contribution in [0.1, 0.15) is 39.4 Å². The average molecular weight is 328 g/mol. The van der Waals surface area contributed by atoms with Crippen LogP contribution in [0.2, 0.25) is 0 Å². The quantitative estimate of drug-likeness (QED) is 0.864. The first-order chi connectivity index (χ1) is 8.95. The van der Waals surface area contributed by atoms with Gasteiger partial charge in [-0.05, 0) is 34.7 Å². The monoisotopic (exact) mass is 327 g/mol. The van der Waals surface area contributed by atoms with Crippen molar-refractivity contribution in [3.8, 4) is 0 Å². The standard InChI is InChI=1S/C14H22BrN3O/c1-14(2,3)13-17-11(15)8-12(18-13)16-9-10-4-6-19-7-5-10/h8,10H,4-7,9H2,1-3H3,(H,16,17,18). The summed E-state index contributed by atoms with van der Waals surface area (Å²) in [6.07, 6.45) is 2.26. The van der Waals surface area contributed by atoms with E-state index in [1.807, 2.05) is 6.07 Å². The number of halogens is 1. The van der Waals surface area contributed by atoms with Gasteiger partial charge in [-0.25, -0.2) is 9.97 Å². The topological polar surface area (TPSA) is 47.0 Å². The Morgan fingerprint density at radius 1 is 1.32 bits per heavy atom. The van der Waals surface area contributed by atoms with Gasteiger partial charge in [-0.2, -0.15) is 0 Å². The van der Waals surface area contributed by atoms with Gasteiger partial charge in [0.2, 0.25) is 0 Å². The predicted molar refractivity (Wildman–Crippen MR) is 80.5 cm³/mol. The molecule has 0 atom stereocenters. The first-order valence-corrected chi connectivity index (χ1v) is 7.61. The van der Waals surface area contributed by atoms with E-state index >= 15 is 0 Å². The summed E-state index contributed by atoms with van der Waals surface area (Å²) in [5.41, 5.74) is -0.0428. The lowest BCUT2D eigenvalue weighted by Crippen LogP contribution is -2.24. The third-order valence-electron chi connectivity index (χ3n) is 3.28. The molecule has 106 valence electrons. The maximum Gasteiger partial charge on any atom is 0.137 e. The van der Waals surface area contributed by atoms with Crippen LogP contribution in [-0.4, -0.2) is 29.7 Å². The molecule has 1 N–H and O–H groups in total. The highest BCUT2D eigenvalue weighted by atomic mass is 79.9. The fourth-order valence-electron chi connectivity index (χ4n) is 2.04. The molecule has 0 aliphatic carbocycles. The molecule has 1 aromatic heterocycles. The minimum Gasteiger partial charge on any atom is -0.381 e. The van der Waals surface area contributed by atoms with E-state index < -0.39 is 0 Å². The van der Waals surface area contributed by atoms with E-state index in [9.17, 15) is 0 Å². The van der Waals surface area contributed by atoms with Crippen molar-refractivity contribution in [1.29, 1.82) is 0 Å². The summed E-state index contributed by atoms with van der Waals surface area (Å²) in [7, 11) is 0. The minimum absolute atomic E-state index is 0.0428. The summed E-state index contributed by atoms with van der Waals surface area (Å²) in [5.74, 6) is 2.44. The van der Waals surface area contributed by atoms with Crippen molar-refractivity contribution in [2.45, 2.75) is 39.0 Å². The second-order valence-corrected chi connectivity index (χ2v) is 6.90. The minimum atomic E-state index is -0.0428. The molecule has 0 unspecified atom stereocenters. The zero-order chi connectivity index (χ0) is 13.9. The van der Waals surface area contributed by atoms with Crippen LogP contribution in [-0.2, 0) is 10.2 Å². The average Bonchev–Trinajstić information content (AvgIpc) is 2.36. The van der Waals surface area contributed by atoms with Gasteiger partial charge in [0.15, 0.2) is 0 Å². The Kier molecular flexibility index (Phi) is 4.79. The van der Waals surface area contributed by atoms with Gasteiger partial charge in [0.1, 0.15) is 16.2 Å². The van der Waals surface area contributed by atoms with Gasteiger partial charge in [0.25, 0.3) is 0 Å². The number of nitrogens with zero attached hydrogens (tertiary/aromatic N) is 2. The van der Waals surface area contributed by atoms with Crippen LogP contribution < -0.4 is 5.32 Å². The Labute approximate surface area is 123 Å². The number of hydrogen-bond acceptors (Lipinski definition) is 4. The largest absolute Gasteiger partial charge is 0.381 e. The number of anilines is 1. The fraction of sp³-hybridized carbons (Fsp3) is 0.714. The van der Waals surface area contributed by atoms with E-state index in [2.05, 4.69) is 52.0 Å². The van der Waals surface area contributed by atoms with Crippen LogP contribution >= 0.6 is 15.9 Å². The summed E-state index contributed by atoms with van der Waals surface area (Å²) in [6.45, 7) is 9.08. The molecule has 0 radical (unpaired) electrons. The molecule has 0 amide bonds. The van der Waals surface area contributed by atoms with Crippen molar-refractivity contribution in [3.63, 3.8) is 0 Å². The van der Waals surface area contributed by atoms with Gasteiger partial charge in [-0.1, -0.05) is 20.8 Å². The number of nitrogens with one attached hydrogen (secondary N) is 1. The molecule has 0 bridgehead atoms. The second-order valence-electron chi connectivity index (χ2n) is 6.09. The summed E-state index contributed by atoms with van der Waals surface area (Å²) < 4.78 is 6.21. The fourth-order valence-corrected chi connectivity index (χ4v) is 2.43. The van der Waals surface area contributed by atoms with Crippen LogP contribution in [0.25, 0.3) is 0 Å². The maximum absolute atomic E-state index is 5.37. The molecule has 1 saturated heterocycles. The molecule has 0 spiro atoms. The Morgan fingerprint density at radius 3 is 2.63 bits per heavy atom. The zero-order valence-electron chi connectivity index (χ0n) is 11.9. The molecule has 1 aliphatic rings. The molecule has 5 heteroatoms. The Hall–Kier alpha value is -0.680. The van der Waals surface area contributed by atoms with Crippen molar-refractivity contribution >= 4 is 21.7 Å². The summed E-state index contributed by atoms with van der Waals surface area (Å²) >= 11 is 3.46. The van der Waals surface area contributed by atoms with Gasteiger partial charge in [0, 0.05) is 31.2 Å². The number of aromatic nitrogens is 2. The first-order valence-electron chi connectivity index (χ1n) is 6.82. The van der Waals surface area contributed by atoms with E-state index in [4.69, 9.17) is 4.74 Å². The van der Waals surface area contributed by atoms with Gasteiger partial charge < -0.3 is 10.1 Å². The molecule has 2 rings (SSSR count). The highest BCUT2D eigenvalue weighted by Crippen LogP contribution is 2.23. The van der Waals surface area contributed by atoms with Crippen LogP contribution in [0.5, 0.6) is 0 Å². The number of hydrogen-bond donors (Lipinski definition) is 1. The van der Waals surface area contributed by atoms with Gasteiger partial charge in [-0.15, -0.1) is 0 Å². The van der Waals surface area contributed by atoms with Crippen molar-refractivity contribution in [1.82, 2.24) is 9.97 Å². The molecule has 4 nitrogen and oxygen atoms in total. The Bertz CT molecular complexity index is 425.